The van der Waals surface area contributed by atoms with Gasteiger partial charge in [-0.05, 0) is 30.9 Å². The zero-order valence-electron chi connectivity index (χ0n) is 14.5. The van der Waals surface area contributed by atoms with E-state index in [2.05, 4.69) is 10.2 Å². The van der Waals surface area contributed by atoms with Crippen molar-refractivity contribution in [2.45, 2.75) is 19.9 Å². The van der Waals surface area contributed by atoms with Gasteiger partial charge in [0.2, 0.25) is 10.9 Å². The molecule has 2 aromatic heterocycles. The molecule has 1 aliphatic rings. The molecule has 0 saturated carbocycles. The fourth-order valence-corrected chi connectivity index (χ4v) is 4.41. The third-order valence-electron chi connectivity index (χ3n) is 4.31. The molecule has 136 valence electrons. The van der Waals surface area contributed by atoms with Gasteiger partial charge in [0.25, 0.3) is 5.91 Å². The van der Waals surface area contributed by atoms with Gasteiger partial charge in [-0.3, -0.25) is 14.5 Å². The summed E-state index contributed by atoms with van der Waals surface area (Å²) >= 11 is 2.51. The van der Waals surface area contributed by atoms with Gasteiger partial charge in [-0.1, -0.05) is 47.2 Å². The first kappa shape index (κ1) is 17.6. The van der Waals surface area contributed by atoms with Crippen LogP contribution in [0.2, 0.25) is 0 Å². The predicted octanol–water partition coefficient (Wildman–Crippen LogP) is 4.00. The maximum atomic E-state index is 13.1. The first-order chi connectivity index (χ1) is 13.0. The number of thiophene rings is 1. The highest BCUT2D eigenvalue weighted by Crippen LogP contribution is 2.43. The topological polar surface area (TPSA) is 83.4 Å². The molecular formula is C19H15N3O3S2. The van der Waals surface area contributed by atoms with E-state index in [1.807, 2.05) is 31.2 Å². The number of anilines is 1. The summed E-state index contributed by atoms with van der Waals surface area (Å²) in [5.74, 6) is -1.53. The normalized spacial score (nSPS) is 17.0. The molecule has 1 aromatic carbocycles. The van der Waals surface area contributed by atoms with E-state index in [0.29, 0.717) is 15.0 Å². The summed E-state index contributed by atoms with van der Waals surface area (Å²) in [5, 5.41) is 21.4. The number of aliphatic hydroxyl groups excluding tert-OH is 1. The van der Waals surface area contributed by atoms with Crippen molar-refractivity contribution in [2.24, 2.45) is 0 Å². The lowest BCUT2D eigenvalue weighted by Gasteiger charge is -2.24. The van der Waals surface area contributed by atoms with E-state index in [1.165, 1.54) is 27.6 Å². The molecule has 1 amide bonds. The van der Waals surface area contributed by atoms with Crippen molar-refractivity contribution in [2.75, 3.05) is 4.90 Å². The number of hydrogen-bond acceptors (Lipinski definition) is 7. The third-order valence-corrected chi connectivity index (χ3v) is 6.02. The van der Waals surface area contributed by atoms with Crippen LogP contribution in [0.3, 0.4) is 0 Å². The molecule has 0 aliphatic carbocycles. The van der Waals surface area contributed by atoms with Gasteiger partial charge in [-0.25, -0.2) is 0 Å². The van der Waals surface area contributed by atoms with Crippen molar-refractivity contribution < 1.29 is 14.7 Å². The van der Waals surface area contributed by atoms with Crippen LogP contribution in [0.15, 0.2) is 53.1 Å². The van der Waals surface area contributed by atoms with E-state index in [4.69, 9.17) is 0 Å². The zero-order chi connectivity index (χ0) is 19.1. The lowest BCUT2D eigenvalue weighted by atomic mass is 9.95. The van der Waals surface area contributed by atoms with Gasteiger partial charge in [0, 0.05) is 0 Å². The average Bonchev–Trinajstić information content (AvgIpc) is 3.37. The van der Waals surface area contributed by atoms with E-state index in [1.54, 1.807) is 24.4 Å². The molecule has 1 N–H and O–H groups in total. The fraction of sp³-hybridized carbons (Fsp3) is 0.158. The molecule has 6 nitrogen and oxygen atoms in total. The third kappa shape index (κ3) is 2.96. The Morgan fingerprint density at radius 1 is 1.15 bits per heavy atom. The first-order valence-electron chi connectivity index (χ1n) is 8.19. The maximum absolute atomic E-state index is 13.1. The molecule has 1 atom stereocenters. The number of aromatic nitrogens is 2. The van der Waals surface area contributed by atoms with Crippen molar-refractivity contribution in [3.05, 3.63) is 74.1 Å². The summed E-state index contributed by atoms with van der Waals surface area (Å²) in [4.78, 5) is 27.8. The van der Waals surface area contributed by atoms with Gasteiger partial charge < -0.3 is 5.11 Å². The quantitative estimate of drug-likeness (QED) is 0.673. The summed E-state index contributed by atoms with van der Waals surface area (Å²) in [7, 11) is 0. The Bertz CT molecular complexity index is 1050. The average molecular weight is 397 g/mol. The number of Topliss-reactive ketones (excluding diaryl/α,β-unsaturated/α-hetero) is 1. The van der Waals surface area contributed by atoms with Crippen LogP contribution >= 0.6 is 22.7 Å². The number of rotatable bonds is 4. The lowest BCUT2D eigenvalue weighted by Crippen LogP contribution is -2.31. The number of amides is 1. The smallest absolute Gasteiger partial charge is 0.296 e. The first-order valence-corrected chi connectivity index (χ1v) is 9.88. The van der Waals surface area contributed by atoms with E-state index in [9.17, 15) is 14.7 Å². The summed E-state index contributed by atoms with van der Waals surface area (Å²) in [6.07, 6.45) is 0. The van der Waals surface area contributed by atoms with Crippen molar-refractivity contribution in [3.8, 4) is 0 Å². The second-order valence-electron chi connectivity index (χ2n) is 6.16. The van der Waals surface area contributed by atoms with Gasteiger partial charge >= 0.3 is 0 Å². The number of aliphatic hydroxyl groups is 1. The highest BCUT2D eigenvalue weighted by Gasteiger charge is 2.46. The van der Waals surface area contributed by atoms with E-state index in [0.717, 1.165) is 11.1 Å². The molecular weight excluding hydrogens is 382 g/mol. The molecule has 8 heteroatoms. The summed E-state index contributed by atoms with van der Waals surface area (Å²) in [5.41, 5.74) is 1.85. The minimum atomic E-state index is -0.750. The van der Waals surface area contributed by atoms with E-state index < -0.39 is 17.7 Å². The Balaban J connectivity index is 1.88. The Kier molecular flexibility index (Phi) is 4.37. The molecule has 0 spiro atoms. The van der Waals surface area contributed by atoms with Gasteiger partial charge in [0.05, 0.1) is 16.5 Å². The maximum Gasteiger partial charge on any atom is 0.296 e. The van der Waals surface area contributed by atoms with Crippen LogP contribution in [0, 0.1) is 13.8 Å². The van der Waals surface area contributed by atoms with Crippen LogP contribution < -0.4 is 4.90 Å². The number of carbonyl (C=O) groups excluding carboxylic acids is 2. The number of ketones is 1. The Morgan fingerprint density at radius 2 is 1.89 bits per heavy atom. The van der Waals surface area contributed by atoms with Crippen LogP contribution in [0.5, 0.6) is 0 Å². The predicted molar refractivity (Wildman–Crippen MR) is 104 cm³/mol. The monoisotopic (exact) mass is 397 g/mol. The Hall–Kier alpha value is -2.84. The second kappa shape index (κ2) is 6.71. The molecule has 0 unspecified atom stereocenters. The molecule has 0 saturated heterocycles. The second-order valence-corrected chi connectivity index (χ2v) is 8.27. The highest BCUT2D eigenvalue weighted by molar-refractivity contribution is 7.15. The van der Waals surface area contributed by atoms with Crippen LogP contribution in [-0.2, 0) is 4.79 Å². The van der Waals surface area contributed by atoms with Gasteiger partial charge in [0.15, 0.2) is 5.76 Å². The van der Waals surface area contributed by atoms with Crippen LogP contribution in [0.4, 0.5) is 5.13 Å². The summed E-state index contributed by atoms with van der Waals surface area (Å²) in [6, 6.07) is 10.2. The minimum absolute atomic E-state index is 0.0687. The Labute approximate surface area is 163 Å². The van der Waals surface area contributed by atoms with Gasteiger partial charge in [0.1, 0.15) is 5.01 Å². The van der Waals surface area contributed by atoms with Crippen molar-refractivity contribution >= 4 is 39.5 Å². The van der Waals surface area contributed by atoms with Crippen molar-refractivity contribution in [1.82, 2.24) is 10.2 Å². The number of benzene rings is 1. The minimum Gasteiger partial charge on any atom is -0.503 e. The number of hydrogen-bond donors (Lipinski definition) is 1. The molecule has 3 heterocycles. The van der Waals surface area contributed by atoms with Crippen molar-refractivity contribution in [3.63, 3.8) is 0 Å². The molecule has 3 aromatic rings. The van der Waals surface area contributed by atoms with Gasteiger partial charge in [-0.2, -0.15) is 0 Å². The zero-order valence-corrected chi connectivity index (χ0v) is 16.2. The SMILES string of the molecule is Cc1ccc([C@H]2C(C(=O)c3cccs3)=C(O)C(=O)N2c2nnc(C)s2)cc1. The molecule has 1 aliphatic heterocycles. The molecule has 4 rings (SSSR count). The van der Waals surface area contributed by atoms with Crippen LogP contribution in [0.25, 0.3) is 0 Å². The Morgan fingerprint density at radius 3 is 2.48 bits per heavy atom. The molecule has 0 fully saturated rings. The summed E-state index contributed by atoms with van der Waals surface area (Å²) in [6.45, 7) is 3.74. The van der Waals surface area contributed by atoms with E-state index >= 15 is 0 Å². The van der Waals surface area contributed by atoms with Crippen LogP contribution in [0.1, 0.15) is 31.8 Å². The number of carbonyl (C=O) groups is 2. The number of nitrogens with zero attached hydrogens (tertiary/aromatic N) is 3. The standard InChI is InChI=1S/C19H15N3O3S2/c1-10-5-7-12(8-6-10)15-14(16(23)13-4-3-9-26-13)17(24)18(25)22(15)19-21-20-11(2)27-19/h3-9,15,24H,1-2H3/t15-/m0/s1. The summed E-state index contributed by atoms with van der Waals surface area (Å²) < 4.78 is 0. The largest absolute Gasteiger partial charge is 0.503 e. The van der Waals surface area contributed by atoms with E-state index in [-0.39, 0.29) is 11.4 Å². The van der Waals surface area contributed by atoms with Gasteiger partial charge in [-0.15, -0.1) is 21.5 Å². The fourth-order valence-electron chi connectivity index (χ4n) is 3.02. The molecule has 27 heavy (non-hydrogen) atoms. The van der Waals surface area contributed by atoms with Crippen LogP contribution in [-0.4, -0.2) is 27.0 Å². The number of aryl methyl sites for hydroxylation is 2. The van der Waals surface area contributed by atoms with Crippen molar-refractivity contribution in [1.29, 1.82) is 0 Å². The molecule has 0 bridgehead atoms. The lowest BCUT2D eigenvalue weighted by molar-refractivity contribution is -0.117. The highest BCUT2D eigenvalue weighted by atomic mass is 32.1. The molecule has 0 radical (unpaired) electrons.